The Morgan fingerprint density at radius 1 is 0.889 bits per heavy atom. The summed E-state index contributed by atoms with van der Waals surface area (Å²) >= 11 is 0. The molecule has 7 nitrogen and oxygen atoms in total. The molecule has 1 heterocycles. The summed E-state index contributed by atoms with van der Waals surface area (Å²) in [5, 5.41) is 0. The van der Waals surface area contributed by atoms with E-state index in [2.05, 4.69) is 6.92 Å². The first-order chi connectivity index (χ1) is 13.0. The van der Waals surface area contributed by atoms with Crippen LogP contribution in [0.25, 0.3) is 0 Å². The van der Waals surface area contributed by atoms with Crippen molar-refractivity contribution in [2.75, 3.05) is 19.8 Å². The van der Waals surface area contributed by atoms with Crippen molar-refractivity contribution < 1.29 is 32.2 Å². The number of ether oxygens (including phenoxy) is 4. The summed E-state index contributed by atoms with van der Waals surface area (Å²) in [5.74, 6) is -1.02. The van der Waals surface area contributed by atoms with E-state index in [0.717, 1.165) is 19.3 Å². The van der Waals surface area contributed by atoms with E-state index in [9.17, 15) is 0 Å². The maximum Gasteiger partial charge on any atom is 0.531 e. The second-order valence-corrected chi connectivity index (χ2v) is 9.10. The van der Waals surface area contributed by atoms with E-state index in [1.165, 1.54) is 0 Å². The maximum absolute atomic E-state index is 6.37. The molecule has 0 aromatic carbocycles. The molecule has 1 aliphatic rings. The van der Waals surface area contributed by atoms with E-state index in [0.29, 0.717) is 32.7 Å². The second kappa shape index (κ2) is 12.5. The van der Waals surface area contributed by atoms with Gasteiger partial charge in [0.25, 0.3) is 5.97 Å². The smallest absolute Gasteiger partial charge is 0.372 e. The number of hydrogen-bond acceptors (Lipinski definition) is 7. The fraction of sp³-hybridized carbons (Fsp3) is 1.00. The van der Waals surface area contributed by atoms with Gasteiger partial charge in [0.15, 0.2) is 12.6 Å². The summed E-state index contributed by atoms with van der Waals surface area (Å²) in [4.78, 5) is 0. The van der Waals surface area contributed by atoms with Crippen LogP contribution in [0.5, 0.6) is 0 Å². The fourth-order valence-corrected chi connectivity index (χ4v) is 6.05. The summed E-state index contributed by atoms with van der Waals surface area (Å²) in [7, 11) is -3.01. The molecule has 0 N–H and O–H groups in total. The SMILES string of the molecule is CCCC(OC(CC)OC1(CC)OC(CC)O1)[Si](OCC)(OCC)OCC. The molecule has 0 aromatic heterocycles. The monoisotopic (exact) mass is 408 g/mol. The predicted molar refractivity (Wildman–Crippen MR) is 105 cm³/mol. The molecule has 1 aliphatic heterocycles. The minimum absolute atomic E-state index is 0.211. The van der Waals surface area contributed by atoms with Crippen LogP contribution < -0.4 is 0 Å². The van der Waals surface area contributed by atoms with Gasteiger partial charge in [0.05, 0.1) is 0 Å². The third kappa shape index (κ3) is 6.75. The highest BCUT2D eigenvalue weighted by Gasteiger charge is 2.53. The Labute approximate surface area is 166 Å². The summed E-state index contributed by atoms with van der Waals surface area (Å²) in [6, 6.07) is 0. The minimum Gasteiger partial charge on any atom is -0.372 e. The highest BCUT2D eigenvalue weighted by molar-refractivity contribution is 6.62. The van der Waals surface area contributed by atoms with E-state index in [1.54, 1.807) is 0 Å². The second-order valence-electron chi connectivity index (χ2n) is 6.38. The molecular weight excluding hydrogens is 368 g/mol. The quantitative estimate of drug-likeness (QED) is 0.278. The Balaban J connectivity index is 2.92. The molecule has 0 amide bonds. The van der Waals surface area contributed by atoms with Crippen LogP contribution in [0.4, 0.5) is 0 Å². The molecule has 1 fully saturated rings. The topological polar surface area (TPSA) is 64.6 Å². The third-order valence-electron chi connectivity index (χ3n) is 4.33. The Bertz CT molecular complexity index is 373. The lowest BCUT2D eigenvalue weighted by Crippen LogP contribution is -2.60. The van der Waals surface area contributed by atoms with Crippen LogP contribution in [-0.2, 0) is 32.2 Å². The molecule has 2 atom stereocenters. The molecule has 0 aliphatic carbocycles. The predicted octanol–water partition coefficient (Wildman–Crippen LogP) is 4.36. The van der Waals surface area contributed by atoms with Crippen LogP contribution in [0.2, 0.25) is 0 Å². The van der Waals surface area contributed by atoms with Gasteiger partial charge in [-0.3, -0.25) is 14.2 Å². The Kier molecular flexibility index (Phi) is 11.6. The van der Waals surface area contributed by atoms with Gasteiger partial charge in [0, 0.05) is 26.2 Å². The van der Waals surface area contributed by atoms with Gasteiger partial charge < -0.3 is 18.0 Å². The van der Waals surface area contributed by atoms with Crippen molar-refractivity contribution in [3.8, 4) is 0 Å². The van der Waals surface area contributed by atoms with Gasteiger partial charge in [-0.25, -0.2) is 0 Å². The van der Waals surface area contributed by atoms with Crippen molar-refractivity contribution in [1.82, 2.24) is 0 Å². The fourth-order valence-electron chi connectivity index (χ4n) is 3.07. The first kappa shape index (κ1) is 25.0. The molecule has 0 bridgehead atoms. The lowest BCUT2D eigenvalue weighted by molar-refractivity contribution is -0.559. The van der Waals surface area contributed by atoms with Crippen LogP contribution in [0, 0.1) is 0 Å². The van der Waals surface area contributed by atoms with Crippen molar-refractivity contribution >= 4 is 8.80 Å². The first-order valence-electron chi connectivity index (χ1n) is 10.6. The average Bonchev–Trinajstić information content (AvgIpc) is 2.63. The van der Waals surface area contributed by atoms with Crippen LogP contribution in [0.3, 0.4) is 0 Å². The van der Waals surface area contributed by atoms with Gasteiger partial charge in [-0.15, -0.1) is 0 Å². The third-order valence-corrected chi connectivity index (χ3v) is 7.62. The largest absolute Gasteiger partial charge is 0.531 e. The van der Waals surface area contributed by atoms with Crippen LogP contribution in [0.15, 0.2) is 0 Å². The lowest BCUT2D eigenvalue weighted by Gasteiger charge is -2.47. The summed E-state index contributed by atoms with van der Waals surface area (Å²) < 4.78 is 42.3. The number of hydrogen-bond donors (Lipinski definition) is 0. The number of rotatable bonds is 16. The van der Waals surface area contributed by atoms with E-state index >= 15 is 0 Å². The Morgan fingerprint density at radius 2 is 1.44 bits per heavy atom. The molecule has 0 spiro atoms. The molecule has 162 valence electrons. The van der Waals surface area contributed by atoms with Gasteiger partial charge in [0.2, 0.25) is 0 Å². The maximum atomic E-state index is 6.37. The Hall–Kier alpha value is -0.0631. The zero-order chi connectivity index (χ0) is 20.3. The highest BCUT2D eigenvalue weighted by atomic mass is 28.4. The standard InChI is InChI=1S/C19H40O7Si/c1-8-15-18(27(20-12-5,21-13-6)22-14-7)23-16(9-2)24-19(11-4)25-17(10-3)26-19/h16-18H,8-15H2,1-7H3. The zero-order valence-corrected chi connectivity index (χ0v) is 19.2. The van der Waals surface area contributed by atoms with E-state index in [1.807, 2.05) is 41.5 Å². The molecule has 8 heteroatoms. The molecule has 0 radical (unpaired) electrons. The molecule has 1 saturated heterocycles. The van der Waals surface area contributed by atoms with Crippen molar-refractivity contribution in [1.29, 1.82) is 0 Å². The molecule has 0 saturated carbocycles. The van der Waals surface area contributed by atoms with Crippen molar-refractivity contribution in [3.05, 3.63) is 0 Å². The molecule has 0 aromatic rings. The summed E-state index contributed by atoms with van der Waals surface area (Å²) in [6.07, 6.45) is 3.02. The van der Waals surface area contributed by atoms with E-state index < -0.39 is 21.1 Å². The van der Waals surface area contributed by atoms with Gasteiger partial charge >= 0.3 is 8.80 Å². The molecule has 1 rings (SSSR count). The van der Waals surface area contributed by atoms with Crippen LogP contribution >= 0.6 is 0 Å². The van der Waals surface area contributed by atoms with Gasteiger partial charge in [-0.2, -0.15) is 0 Å². The van der Waals surface area contributed by atoms with Gasteiger partial charge in [0.1, 0.15) is 5.73 Å². The highest BCUT2D eigenvalue weighted by Crippen LogP contribution is 2.37. The summed E-state index contributed by atoms with van der Waals surface area (Å²) in [5.41, 5.74) is -0.303. The minimum atomic E-state index is -3.01. The van der Waals surface area contributed by atoms with Crippen molar-refractivity contribution in [2.45, 2.75) is 105 Å². The first-order valence-corrected chi connectivity index (χ1v) is 12.4. The average molecular weight is 409 g/mol. The van der Waals surface area contributed by atoms with Crippen LogP contribution in [0.1, 0.15) is 80.6 Å². The van der Waals surface area contributed by atoms with Crippen LogP contribution in [-0.4, -0.2) is 52.9 Å². The lowest BCUT2D eigenvalue weighted by atomic mass is 10.3. The molecular formula is C19H40O7Si. The molecule has 2 unspecified atom stereocenters. The van der Waals surface area contributed by atoms with E-state index in [-0.39, 0.29) is 12.0 Å². The Morgan fingerprint density at radius 3 is 1.81 bits per heavy atom. The van der Waals surface area contributed by atoms with Crippen molar-refractivity contribution in [2.24, 2.45) is 0 Å². The summed E-state index contributed by atoms with van der Waals surface area (Å²) in [6.45, 7) is 15.5. The van der Waals surface area contributed by atoms with Crippen molar-refractivity contribution in [3.63, 3.8) is 0 Å². The normalized spacial score (nSPS) is 25.2. The zero-order valence-electron chi connectivity index (χ0n) is 18.2. The van der Waals surface area contributed by atoms with E-state index in [4.69, 9.17) is 32.2 Å². The van der Waals surface area contributed by atoms with Gasteiger partial charge in [-0.1, -0.05) is 34.1 Å². The molecule has 27 heavy (non-hydrogen) atoms. The van der Waals surface area contributed by atoms with Gasteiger partial charge in [-0.05, 0) is 40.0 Å².